The Balaban J connectivity index is 1.91. The number of aliphatic hydroxyl groups excluding tert-OH is 1. The Labute approximate surface area is 170 Å². The molecule has 8 heteroatoms. The molecule has 3 aliphatic heterocycles. The van der Waals surface area contributed by atoms with Crippen molar-refractivity contribution >= 4 is 29.5 Å². The molecule has 0 saturated carbocycles. The van der Waals surface area contributed by atoms with Gasteiger partial charge in [-0.2, -0.15) is 0 Å². The van der Waals surface area contributed by atoms with Gasteiger partial charge in [-0.05, 0) is 33.1 Å². The number of aliphatic hydroxyl groups is 1. The van der Waals surface area contributed by atoms with Gasteiger partial charge in [-0.15, -0.1) is 11.8 Å². The minimum absolute atomic E-state index is 0.108. The fourth-order valence-electron chi connectivity index (χ4n) is 5.35. The Morgan fingerprint density at radius 2 is 2.07 bits per heavy atom. The maximum Gasteiger partial charge on any atom is 0.311 e. The summed E-state index contributed by atoms with van der Waals surface area (Å²) in [6, 6.07) is -0.648. The Morgan fingerprint density at radius 1 is 1.32 bits per heavy atom. The summed E-state index contributed by atoms with van der Waals surface area (Å²) in [5.74, 6) is -1.81. The lowest BCUT2D eigenvalue weighted by atomic mass is 9.66. The molecule has 0 aromatic heterocycles. The smallest absolute Gasteiger partial charge is 0.311 e. The molecule has 2 unspecified atom stereocenters. The minimum atomic E-state index is -0.648. The van der Waals surface area contributed by atoms with Gasteiger partial charge >= 0.3 is 5.97 Å². The van der Waals surface area contributed by atoms with Crippen molar-refractivity contribution in [3.8, 4) is 0 Å². The maximum absolute atomic E-state index is 13.3. The number of thioether (sulfide) groups is 1. The first-order valence-electron chi connectivity index (χ1n) is 10.4. The van der Waals surface area contributed by atoms with Crippen LogP contribution in [-0.2, 0) is 19.1 Å². The van der Waals surface area contributed by atoms with Gasteiger partial charge in [-0.1, -0.05) is 19.8 Å². The highest BCUT2D eigenvalue weighted by Crippen LogP contribution is 2.71. The largest absolute Gasteiger partial charge is 0.466 e. The molecule has 2 N–H and O–H groups in total. The summed E-state index contributed by atoms with van der Waals surface area (Å²) in [4.78, 5) is 40.7. The zero-order valence-corrected chi connectivity index (χ0v) is 17.8. The molecule has 3 aliphatic rings. The number of nitrogens with one attached hydrogen (secondary N) is 1. The zero-order valence-electron chi connectivity index (χ0n) is 17.0. The van der Waals surface area contributed by atoms with Crippen molar-refractivity contribution in [2.45, 2.75) is 68.4 Å². The molecule has 3 fully saturated rings. The molecule has 0 aromatic carbocycles. The standard InChI is InChI=1S/C20H32N2O5S/c1-4-6-7-10-21-16(24)15-20-9-8-19(3,28-20)14(18(26)27-5-2)13(20)17(25)22(15)11-12-23/h13-15,23H,4-12H2,1-3H3,(H,21,24)/t13-,14-,15?,19+,20?/m0/s1. The molecule has 0 aromatic rings. The van der Waals surface area contributed by atoms with Crippen molar-refractivity contribution in [1.29, 1.82) is 0 Å². The number of ether oxygens (including phenoxy) is 1. The second-order valence-electron chi connectivity index (χ2n) is 8.23. The van der Waals surface area contributed by atoms with Crippen molar-refractivity contribution < 1.29 is 24.2 Å². The summed E-state index contributed by atoms with van der Waals surface area (Å²) in [5, 5.41) is 12.5. The molecule has 0 aliphatic carbocycles. The predicted octanol–water partition coefficient (Wildman–Crippen LogP) is 1.33. The Bertz CT molecular complexity index is 644. The fraction of sp³-hybridized carbons (Fsp3) is 0.850. The molecule has 2 bridgehead atoms. The van der Waals surface area contributed by atoms with Crippen LogP contribution in [-0.4, -0.2) is 69.6 Å². The quantitative estimate of drug-likeness (QED) is 0.438. The van der Waals surface area contributed by atoms with E-state index in [1.165, 1.54) is 4.90 Å². The molecule has 3 heterocycles. The number of amides is 2. The van der Waals surface area contributed by atoms with Crippen LogP contribution in [0.15, 0.2) is 0 Å². The van der Waals surface area contributed by atoms with Gasteiger partial charge in [0.2, 0.25) is 11.8 Å². The normalized spacial score (nSPS) is 35.9. The zero-order chi connectivity index (χ0) is 20.5. The predicted molar refractivity (Wildman–Crippen MR) is 107 cm³/mol. The molecule has 5 atom stereocenters. The number of nitrogens with zero attached hydrogens (tertiary/aromatic N) is 1. The average molecular weight is 413 g/mol. The summed E-state index contributed by atoms with van der Waals surface area (Å²) in [6.45, 7) is 6.63. The SMILES string of the molecule is CCCCCNC(=O)C1N(CCO)C(=O)[C@@H]2[C@@H](C(=O)OCC)[C@@]3(C)CCC12S3. The minimum Gasteiger partial charge on any atom is -0.466 e. The second kappa shape index (κ2) is 8.22. The lowest BCUT2D eigenvalue weighted by molar-refractivity contribution is -0.155. The van der Waals surface area contributed by atoms with E-state index in [1.54, 1.807) is 18.7 Å². The molecular formula is C20H32N2O5S. The Kier molecular flexibility index (Phi) is 6.29. The van der Waals surface area contributed by atoms with Crippen LogP contribution in [0, 0.1) is 11.8 Å². The molecule has 158 valence electrons. The van der Waals surface area contributed by atoms with E-state index in [0.29, 0.717) is 6.54 Å². The van der Waals surface area contributed by atoms with Crippen LogP contribution >= 0.6 is 11.8 Å². The number of fused-ring (bicyclic) bond motifs is 1. The van der Waals surface area contributed by atoms with Crippen molar-refractivity contribution in [2.24, 2.45) is 11.8 Å². The fourth-order valence-corrected chi connectivity index (χ4v) is 7.69. The number of β-amino-alcohol motifs (C(OH)–C–C–N with tert-alkyl or cyclic N) is 1. The van der Waals surface area contributed by atoms with Gasteiger partial charge in [0, 0.05) is 17.8 Å². The summed E-state index contributed by atoms with van der Waals surface area (Å²) in [6.07, 6.45) is 4.49. The van der Waals surface area contributed by atoms with Crippen molar-refractivity contribution in [1.82, 2.24) is 10.2 Å². The van der Waals surface area contributed by atoms with Gasteiger partial charge in [0.15, 0.2) is 0 Å². The van der Waals surface area contributed by atoms with Crippen molar-refractivity contribution in [2.75, 3.05) is 26.3 Å². The second-order valence-corrected chi connectivity index (χ2v) is 10.1. The Morgan fingerprint density at radius 3 is 2.71 bits per heavy atom. The van der Waals surface area contributed by atoms with Crippen molar-refractivity contribution in [3.05, 3.63) is 0 Å². The molecule has 28 heavy (non-hydrogen) atoms. The van der Waals surface area contributed by atoms with Gasteiger partial charge < -0.3 is 20.1 Å². The van der Waals surface area contributed by atoms with Crippen molar-refractivity contribution in [3.63, 3.8) is 0 Å². The van der Waals surface area contributed by atoms with E-state index in [1.807, 2.05) is 6.92 Å². The van der Waals surface area contributed by atoms with Gasteiger partial charge in [0.25, 0.3) is 0 Å². The summed E-state index contributed by atoms with van der Waals surface area (Å²) >= 11 is 1.62. The van der Waals surface area contributed by atoms with E-state index >= 15 is 0 Å². The van der Waals surface area contributed by atoms with Crippen LogP contribution < -0.4 is 5.32 Å². The van der Waals surface area contributed by atoms with E-state index in [2.05, 4.69) is 12.2 Å². The first-order valence-corrected chi connectivity index (χ1v) is 11.2. The van der Waals surface area contributed by atoms with Crippen LogP contribution in [0.25, 0.3) is 0 Å². The third-order valence-corrected chi connectivity index (χ3v) is 8.47. The van der Waals surface area contributed by atoms with Crippen LogP contribution in [0.1, 0.15) is 52.9 Å². The van der Waals surface area contributed by atoms with E-state index in [9.17, 15) is 19.5 Å². The third kappa shape index (κ3) is 3.22. The first-order chi connectivity index (χ1) is 13.4. The first kappa shape index (κ1) is 21.4. The number of carbonyl (C=O) groups is 3. The van der Waals surface area contributed by atoms with Crippen LogP contribution in [0.4, 0.5) is 0 Å². The molecule has 3 rings (SSSR count). The number of hydrogen-bond donors (Lipinski definition) is 2. The number of carbonyl (C=O) groups excluding carboxylic acids is 3. The van der Waals surface area contributed by atoms with E-state index < -0.39 is 27.4 Å². The lowest BCUT2D eigenvalue weighted by Gasteiger charge is -2.34. The summed E-state index contributed by atoms with van der Waals surface area (Å²) < 4.78 is 4.30. The lowest BCUT2D eigenvalue weighted by Crippen LogP contribution is -2.54. The molecule has 1 spiro atoms. The van der Waals surface area contributed by atoms with E-state index in [4.69, 9.17) is 4.74 Å². The number of unbranched alkanes of at least 4 members (excludes halogenated alkanes) is 2. The highest BCUT2D eigenvalue weighted by Gasteiger charge is 2.77. The van der Waals surface area contributed by atoms with Crippen LogP contribution in [0.2, 0.25) is 0 Å². The van der Waals surface area contributed by atoms with Gasteiger partial charge in [0.05, 0.1) is 29.8 Å². The van der Waals surface area contributed by atoms with E-state index in [0.717, 1.165) is 32.1 Å². The number of hydrogen-bond acceptors (Lipinski definition) is 6. The van der Waals surface area contributed by atoms with Gasteiger partial charge in [0.1, 0.15) is 6.04 Å². The summed E-state index contributed by atoms with van der Waals surface area (Å²) in [5.41, 5.74) is 0. The van der Waals surface area contributed by atoms with Crippen LogP contribution in [0.3, 0.4) is 0 Å². The maximum atomic E-state index is 13.3. The van der Waals surface area contributed by atoms with Crippen LogP contribution in [0.5, 0.6) is 0 Å². The number of esters is 1. The highest BCUT2D eigenvalue weighted by molar-refractivity contribution is 8.02. The molecular weight excluding hydrogens is 380 g/mol. The molecule has 3 saturated heterocycles. The third-order valence-electron chi connectivity index (χ3n) is 6.49. The number of likely N-dealkylation sites (tertiary alicyclic amines) is 1. The van der Waals surface area contributed by atoms with Gasteiger partial charge in [-0.25, -0.2) is 0 Å². The molecule has 7 nitrogen and oxygen atoms in total. The monoisotopic (exact) mass is 412 g/mol. The highest BCUT2D eigenvalue weighted by atomic mass is 32.2. The van der Waals surface area contributed by atoms with E-state index in [-0.39, 0.29) is 37.5 Å². The summed E-state index contributed by atoms with van der Waals surface area (Å²) in [7, 11) is 0. The average Bonchev–Trinajstić information content (AvgIpc) is 3.21. The topological polar surface area (TPSA) is 95.9 Å². The number of rotatable bonds is 9. The Hall–Kier alpha value is -1.28. The van der Waals surface area contributed by atoms with Gasteiger partial charge in [-0.3, -0.25) is 14.4 Å². The molecule has 2 amide bonds. The molecule has 0 radical (unpaired) electrons.